The highest BCUT2D eigenvalue weighted by molar-refractivity contribution is 7.19. The minimum Gasteiger partial charge on any atom is -0.299 e. The van der Waals surface area contributed by atoms with Gasteiger partial charge in [0.1, 0.15) is 22.2 Å². The zero-order valence-corrected chi connectivity index (χ0v) is 15.3. The van der Waals surface area contributed by atoms with E-state index in [1.54, 1.807) is 30.5 Å². The van der Waals surface area contributed by atoms with Crippen molar-refractivity contribution in [3.05, 3.63) is 88.9 Å². The van der Waals surface area contributed by atoms with Gasteiger partial charge in [-0.2, -0.15) is 0 Å². The van der Waals surface area contributed by atoms with Crippen LogP contribution in [0, 0.1) is 11.6 Å². The lowest BCUT2D eigenvalue weighted by atomic mass is 9.89. The van der Waals surface area contributed by atoms with Crippen LogP contribution in [0.1, 0.15) is 23.3 Å². The molecule has 0 spiro atoms. The number of ketones is 1. The molecule has 0 saturated carbocycles. The monoisotopic (exact) mass is 379 g/mol. The molecule has 2 heterocycles. The van der Waals surface area contributed by atoms with Crippen molar-refractivity contribution in [3.63, 3.8) is 0 Å². The topological polar surface area (TPSA) is 30.0 Å². The third-order valence-corrected chi connectivity index (χ3v) is 5.66. The first-order valence-corrected chi connectivity index (χ1v) is 9.25. The van der Waals surface area contributed by atoms with Crippen LogP contribution in [-0.4, -0.2) is 10.8 Å². The number of aromatic nitrogens is 1. The highest BCUT2D eigenvalue weighted by Gasteiger charge is 2.27. The van der Waals surface area contributed by atoms with Crippen LogP contribution in [0.25, 0.3) is 21.3 Å². The van der Waals surface area contributed by atoms with E-state index in [1.165, 1.54) is 42.5 Å². The van der Waals surface area contributed by atoms with Crippen molar-refractivity contribution >= 4 is 27.3 Å². The molecule has 1 unspecified atom stereocenters. The Bertz CT molecular complexity index is 1130. The van der Waals surface area contributed by atoms with E-state index >= 15 is 0 Å². The third-order valence-electron chi connectivity index (χ3n) is 4.48. The maximum atomic E-state index is 13.8. The molecule has 0 fully saturated rings. The standard InChI is InChI=1S/C22H15F2NOS/c1-13(26)19(15-4-2-5-17(24)12-15)21-20(14-7-9-16(23)10-8-14)18-6-3-11-25-22(18)27-21/h2-12,19H,1H3. The lowest BCUT2D eigenvalue weighted by molar-refractivity contribution is -0.117. The van der Waals surface area contributed by atoms with E-state index < -0.39 is 5.92 Å². The van der Waals surface area contributed by atoms with Crippen molar-refractivity contribution in [2.45, 2.75) is 12.8 Å². The number of thiophene rings is 1. The molecule has 4 aromatic rings. The van der Waals surface area contributed by atoms with Gasteiger partial charge in [-0.25, -0.2) is 13.8 Å². The van der Waals surface area contributed by atoms with E-state index in [-0.39, 0.29) is 17.4 Å². The molecule has 0 amide bonds. The van der Waals surface area contributed by atoms with E-state index in [2.05, 4.69) is 4.98 Å². The second-order valence-electron chi connectivity index (χ2n) is 6.30. The summed E-state index contributed by atoms with van der Waals surface area (Å²) in [4.78, 5) is 18.6. The second kappa shape index (κ2) is 7.00. The summed E-state index contributed by atoms with van der Waals surface area (Å²) in [5.74, 6) is -1.41. The van der Waals surface area contributed by atoms with Crippen LogP contribution in [0.2, 0.25) is 0 Å². The van der Waals surface area contributed by atoms with Crippen LogP contribution >= 0.6 is 11.3 Å². The van der Waals surface area contributed by atoms with Crippen LogP contribution in [0.15, 0.2) is 66.9 Å². The number of carbonyl (C=O) groups is 1. The number of benzene rings is 2. The molecule has 2 aromatic carbocycles. The molecule has 0 saturated heterocycles. The Hall–Kier alpha value is -2.92. The number of rotatable bonds is 4. The number of hydrogen-bond acceptors (Lipinski definition) is 3. The maximum absolute atomic E-state index is 13.8. The predicted octanol–water partition coefficient (Wildman–Crippen LogP) is 5.96. The number of Topliss-reactive ketones (excluding diaryl/α,β-unsaturated/α-hetero) is 1. The van der Waals surface area contributed by atoms with Crippen molar-refractivity contribution in [1.82, 2.24) is 4.98 Å². The van der Waals surface area contributed by atoms with Crippen molar-refractivity contribution in [3.8, 4) is 11.1 Å². The Morgan fingerprint density at radius 2 is 1.78 bits per heavy atom. The highest BCUT2D eigenvalue weighted by Crippen LogP contribution is 2.44. The lowest BCUT2D eigenvalue weighted by Crippen LogP contribution is -2.10. The number of pyridine rings is 1. The van der Waals surface area contributed by atoms with Crippen LogP contribution in [-0.2, 0) is 4.79 Å². The van der Waals surface area contributed by atoms with Crippen molar-refractivity contribution in [2.24, 2.45) is 0 Å². The molecule has 2 nitrogen and oxygen atoms in total. The van der Waals surface area contributed by atoms with Crippen molar-refractivity contribution in [1.29, 1.82) is 0 Å². The second-order valence-corrected chi connectivity index (χ2v) is 7.33. The van der Waals surface area contributed by atoms with Crippen LogP contribution < -0.4 is 0 Å². The largest absolute Gasteiger partial charge is 0.299 e. The first-order chi connectivity index (χ1) is 13.0. The minimum absolute atomic E-state index is 0.0875. The predicted molar refractivity (Wildman–Crippen MR) is 104 cm³/mol. The molecule has 5 heteroatoms. The normalized spacial score (nSPS) is 12.3. The molecule has 2 aromatic heterocycles. The SMILES string of the molecule is CC(=O)C(c1cccc(F)c1)c1sc2ncccc2c1-c1ccc(F)cc1. The average Bonchev–Trinajstić information content (AvgIpc) is 3.01. The quantitative estimate of drug-likeness (QED) is 0.438. The van der Waals surface area contributed by atoms with Gasteiger partial charge >= 0.3 is 0 Å². The van der Waals surface area contributed by atoms with Gasteiger partial charge in [-0.15, -0.1) is 11.3 Å². The Morgan fingerprint density at radius 3 is 2.48 bits per heavy atom. The summed E-state index contributed by atoms with van der Waals surface area (Å²) < 4.78 is 27.3. The molecule has 4 rings (SSSR count). The summed E-state index contributed by atoms with van der Waals surface area (Å²) >= 11 is 1.41. The third kappa shape index (κ3) is 3.26. The highest BCUT2D eigenvalue weighted by atomic mass is 32.1. The number of carbonyl (C=O) groups excluding carboxylic acids is 1. The molecule has 0 aliphatic carbocycles. The summed E-state index contributed by atoms with van der Waals surface area (Å²) in [7, 11) is 0. The summed E-state index contributed by atoms with van der Waals surface area (Å²) in [5.41, 5.74) is 2.23. The summed E-state index contributed by atoms with van der Waals surface area (Å²) in [6.07, 6.45) is 1.70. The number of nitrogens with zero attached hydrogens (tertiary/aromatic N) is 1. The molecule has 0 N–H and O–H groups in total. The molecule has 134 valence electrons. The Labute approximate surface area is 159 Å². The fourth-order valence-corrected chi connectivity index (χ4v) is 4.68. The van der Waals surface area contributed by atoms with E-state index in [4.69, 9.17) is 0 Å². The summed E-state index contributed by atoms with van der Waals surface area (Å²) in [6, 6.07) is 16.0. The van der Waals surface area contributed by atoms with E-state index in [0.29, 0.717) is 5.56 Å². The maximum Gasteiger partial charge on any atom is 0.142 e. The average molecular weight is 379 g/mol. The van der Waals surface area contributed by atoms with Gasteiger partial charge < -0.3 is 0 Å². The fourth-order valence-electron chi connectivity index (χ4n) is 3.32. The fraction of sp³-hybridized carbons (Fsp3) is 0.0909. The van der Waals surface area contributed by atoms with Crippen LogP contribution in [0.3, 0.4) is 0 Å². The van der Waals surface area contributed by atoms with Gasteiger partial charge in [0, 0.05) is 22.0 Å². The molecule has 0 bridgehead atoms. The van der Waals surface area contributed by atoms with E-state index in [0.717, 1.165) is 26.2 Å². The number of fused-ring (bicyclic) bond motifs is 1. The molecular weight excluding hydrogens is 364 g/mol. The molecule has 0 aliphatic heterocycles. The number of hydrogen-bond donors (Lipinski definition) is 0. The molecule has 27 heavy (non-hydrogen) atoms. The van der Waals surface area contributed by atoms with Crippen molar-refractivity contribution < 1.29 is 13.6 Å². The van der Waals surface area contributed by atoms with E-state index in [1.807, 2.05) is 12.1 Å². The van der Waals surface area contributed by atoms with Gasteiger partial charge in [0.15, 0.2) is 0 Å². The first kappa shape index (κ1) is 17.5. The van der Waals surface area contributed by atoms with Crippen molar-refractivity contribution in [2.75, 3.05) is 0 Å². The van der Waals surface area contributed by atoms with E-state index in [9.17, 15) is 13.6 Å². The minimum atomic E-state index is -0.611. The molecule has 0 aliphatic rings. The van der Waals surface area contributed by atoms with Gasteiger partial charge in [0.2, 0.25) is 0 Å². The first-order valence-electron chi connectivity index (χ1n) is 8.44. The smallest absolute Gasteiger partial charge is 0.142 e. The van der Waals surface area contributed by atoms with Gasteiger partial charge in [0.05, 0.1) is 5.92 Å². The van der Waals surface area contributed by atoms with Gasteiger partial charge in [-0.1, -0.05) is 24.3 Å². The van der Waals surface area contributed by atoms with Gasteiger partial charge in [-0.3, -0.25) is 4.79 Å². The van der Waals surface area contributed by atoms with Crippen LogP contribution in [0.4, 0.5) is 8.78 Å². The lowest BCUT2D eigenvalue weighted by Gasteiger charge is -2.16. The zero-order valence-electron chi connectivity index (χ0n) is 14.4. The van der Waals surface area contributed by atoms with Gasteiger partial charge in [0.25, 0.3) is 0 Å². The molecule has 1 atom stereocenters. The summed E-state index contributed by atoms with van der Waals surface area (Å²) in [5, 5.41) is 0.895. The Morgan fingerprint density at radius 1 is 1.00 bits per heavy atom. The molecular formula is C22H15F2NOS. The Kier molecular flexibility index (Phi) is 4.54. The molecule has 0 radical (unpaired) electrons. The number of halogens is 2. The summed E-state index contributed by atoms with van der Waals surface area (Å²) in [6.45, 7) is 1.50. The van der Waals surface area contributed by atoms with Crippen LogP contribution in [0.5, 0.6) is 0 Å². The zero-order chi connectivity index (χ0) is 19.0. The van der Waals surface area contributed by atoms with Gasteiger partial charge in [-0.05, 0) is 54.4 Å². The Balaban J connectivity index is 2.01.